The standard InChI is InChI=1S/C24H23NO8/c1-13(2)7-17(24(28)29)25-22(26)11-30-15-4-5-16-19(10-15)33-21(23(16)27)9-14-3-6-18-20(8-14)32-12-31-18/h3-6,8-10,13,17H,7,11-12H2,1-2H3,(H,25,26)(H,28,29)/b21-9-/t17-/m0/s1. The molecule has 0 radical (unpaired) electrons. The lowest BCUT2D eigenvalue weighted by atomic mass is 10.0. The second kappa shape index (κ2) is 9.23. The van der Waals surface area contributed by atoms with Crippen LogP contribution in [0, 0.1) is 5.92 Å². The van der Waals surface area contributed by atoms with Crippen molar-refractivity contribution in [3.63, 3.8) is 0 Å². The molecule has 2 aromatic carbocycles. The number of rotatable bonds is 8. The molecule has 0 fully saturated rings. The quantitative estimate of drug-likeness (QED) is 0.585. The Hall–Kier alpha value is -4.01. The zero-order chi connectivity index (χ0) is 23.5. The fraction of sp³-hybridized carbons (Fsp3) is 0.292. The molecule has 0 aromatic heterocycles. The van der Waals surface area contributed by atoms with Gasteiger partial charge in [-0.1, -0.05) is 19.9 Å². The van der Waals surface area contributed by atoms with Gasteiger partial charge in [0, 0.05) is 6.07 Å². The smallest absolute Gasteiger partial charge is 0.326 e. The van der Waals surface area contributed by atoms with Crippen molar-refractivity contribution >= 4 is 23.7 Å². The molecule has 172 valence electrons. The summed E-state index contributed by atoms with van der Waals surface area (Å²) in [6.45, 7) is 3.54. The Bertz CT molecular complexity index is 1140. The van der Waals surface area contributed by atoms with Gasteiger partial charge in [-0.05, 0) is 48.2 Å². The zero-order valence-corrected chi connectivity index (χ0v) is 18.1. The van der Waals surface area contributed by atoms with E-state index in [1.807, 2.05) is 13.8 Å². The lowest BCUT2D eigenvalue weighted by molar-refractivity contribution is -0.142. The largest absolute Gasteiger partial charge is 0.484 e. The molecule has 0 spiro atoms. The molecule has 1 amide bonds. The van der Waals surface area contributed by atoms with Crippen LogP contribution in [0.5, 0.6) is 23.0 Å². The highest BCUT2D eigenvalue weighted by atomic mass is 16.7. The summed E-state index contributed by atoms with van der Waals surface area (Å²) in [5, 5.41) is 11.7. The Labute approximate surface area is 189 Å². The van der Waals surface area contributed by atoms with Crippen LogP contribution in [0.3, 0.4) is 0 Å². The summed E-state index contributed by atoms with van der Waals surface area (Å²) in [6.07, 6.45) is 1.92. The average molecular weight is 453 g/mol. The number of carboxylic acids is 1. The van der Waals surface area contributed by atoms with Crippen molar-refractivity contribution in [3.05, 3.63) is 53.3 Å². The van der Waals surface area contributed by atoms with Crippen LogP contribution in [0.4, 0.5) is 0 Å². The Balaban J connectivity index is 1.39. The molecule has 2 heterocycles. The predicted molar refractivity (Wildman–Crippen MR) is 116 cm³/mol. The van der Waals surface area contributed by atoms with Crippen molar-refractivity contribution in [2.45, 2.75) is 26.3 Å². The third kappa shape index (κ3) is 5.08. The molecule has 0 saturated carbocycles. The minimum atomic E-state index is -1.09. The van der Waals surface area contributed by atoms with Crippen LogP contribution in [-0.4, -0.2) is 42.2 Å². The van der Waals surface area contributed by atoms with Gasteiger partial charge in [-0.3, -0.25) is 9.59 Å². The molecule has 9 nitrogen and oxygen atoms in total. The molecule has 2 aliphatic rings. The van der Waals surface area contributed by atoms with Crippen molar-refractivity contribution < 1.29 is 38.4 Å². The summed E-state index contributed by atoms with van der Waals surface area (Å²) in [7, 11) is 0. The molecule has 0 saturated heterocycles. The van der Waals surface area contributed by atoms with Gasteiger partial charge in [0.05, 0.1) is 5.56 Å². The highest BCUT2D eigenvalue weighted by molar-refractivity contribution is 6.14. The molecular formula is C24H23NO8. The van der Waals surface area contributed by atoms with Crippen LogP contribution in [0.15, 0.2) is 42.2 Å². The van der Waals surface area contributed by atoms with Crippen molar-refractivity contribution in [2.24, 2.45) is 5.92 Å². The Morgan fingerprint density at radius 2 is 1.91 bits per heavy atom. The highest BCUT2D eigenvalue weighted by Crippen LogP contribution is 2.37. The fourth-order valence-electron chi connectivity index (χ4n) is 3.49. The summed E-state index contributed by atoms with van der Waals surface area (Å²) in [5.41, 5.74) is 1.10. The van der Waals surface area contributed by atoms with E-state index in [-0.39, 0.29) is 30.9 Å². The number of hydrogen-bond donors (Lipinski definition) is 2. The normalized spacial score (nSPS) is 15.8. The number of carbonyl (C=O) groups excluding carboxylic acids is 2. The second-order valence-corrected chi connectivity index (χ2v) is 8.09. The molecule has 0 unspecified atom stereocenters. The number of aliphatic carboxylic acids is 1. The van der Waals surface area contributed by atoms with E-state index in [1.54, 1.807) is 36.4 Å². The van der Waals surface area contributed by atoms with E-state index in [2.05, 4.69) is 5.32 Å². The second-order valence-electron chi connectivity index (χ2n) is 8.09. The van der Waals surface area contributed by atoms with E-state index in [9.17, 15) is 19.5 Å². The first-order valence-electron chi connectivity index (χ1n) is 10.4. The van der Waals surface area contributed by atoms with Crippen LogP contribution in [0.25, 0.3) is 6.08 Å². The predicted octanol–water partition coefficient (Wildman–Crippen LogP) is 3.03. The fourth-order valence-corrected chi connectivity index (χ4v) is 3.49. The van der Waals surface area contributed by atoms with Gasteiger partial charge in [0.15, 0.2) is 23.9 Å². The SMILES string of the molecule is CC(C)C[C@H](NC(=O)COc1ccc2c(c1)O/C(=C\c1ccc3c(c1)OCO3)C2=O)C(=O)O. The van der Waals surface area contributed by atoms with Gasteiger partial charge in [0.1, 0.15) is 17.5 Å². The first kappa shape index (κ1) is 22.2. The molecule has 0 bridgehead atoms. The third-order valence-electron chi connectivity index (χ3n) is 5.05. The van der Waals surface area contributed by atoms with Gasteiger partial charge in [0.2, 0.25) is 12.6 Å². The molecule has 2 aromatic rings. The molecule has 0 aliphatic carbocycles. The number of fused-ring (bicyclic) bond motifs is 2. The van der Waals surface area contributed by atoms with Crippen LogP contribution in [0.2, 0.25) is 0 Å². The van der Waals surface area contributed by atoms with E-state index in [0.717, 1.165) is 5.56 Å². The summed E-state index contributed by atoms with van der Waals surface area (Å²) in [4.78, 5) is 36.1. The first-order valence-corrected chi connectivity index (χ1v) is 10.4. The molecule has 33 heavy (non-hydrogen) atoms. The Morgan fingerprint density at radius 1 is 1.12 bits per heavy atom. The lowest BCUT2D eigenvalue weighted by Crippen LogP contribution is -2.43. The number of benzene rings is 2. The number of carbonyl (C=O) groups is 3. The average Bonchev–Trinajstić information content (AvgIpc) is 3.35. The number of amides is 1. The van der Waals surface area contributed by atoms with Crippen molar-refractivity contribution in [1.82, 2.24) is 5.32 Å². The highest BCUT2D eigenvalue weighted by Gasteiger charge is 2.28. The van der Waals surface area contributed by atoms with E-state index in [4.69, 9.17) is 18.9 Å². The number of ketones is 1. The van der Waals surface area contributed by atoms with Crippen LogP contribution >= 0.6 is 0 Å². The van der Waals surface area contributed by atoms with E-state index >= 15 is 0 Å². The number of carboxylic acid groups (broad SMARTS) is 1. The number of allylic oxidation sites excluding steroid dienone is 1. The molecule has 2 N–H and O–H groups in total. The van der Waals surface area contributed by atoms with E-state index in [0.29, 0.717) is 35.0 Å². The van der Waals surface area contributed by atoms with Gasteiger partial charge in [-0.2, -0.15) is 0 Å². The van der Waals surface area contributed by atoms with Gasteiger partial charge >= 0.3 is 5.97 Å². The van der Waals surface area contributed by atoms with Crippen molar-refractivity contribution in [1.29, 1.82) is 0 Å². The van der Waals surface area contributed by atoms with E-state index < -0.39 is 17.9 Å². The Kier molecular flexibility index (Phi) is 6.21. The number of nitrogens with one attached hydrogen (secondary N) is 1. The van der Waals surface area contributed by atoms with Crippen molar-refractivity contribution in [2.75, 3.05) is 13.4 Å². The maximum atomic E-state index is 12.7. The number of hydrogen-bond acceptors (Lipinski definition) is 7. The Morgan fingerprint density at radius 3 is 2.67 bits per heavy atom. The number of Topliss-reactive ketones (excluding diaryl/α,β-unsaturated/α-hetero) is 1. The van der Waals surface area contributed by atoms with Crippen LogP contribution in [0.1, 0.15) is 36.2 Å². The van der Waals surface area contributed by atoms with Gasteiger partial charge in [-0.25, -0.2) is 4.79 Å². The minimum Gasteiger partial charge on any atom is -0.484 e. The maximum Gasteiger partial charge on any atom is 0.326 e. The molecule has 9 heteroatoms. The zero-order valence-electron chi connectivity index (χ0n) is 18.1. The topological polar surface area (TPSA) is 120 Å². The first-order chi connectivity index (χ1) is 15.8. The maximum absolute atomic E-state index is 12.7. The van der Waals surface area contributed by atoms with Gasteiger partial charge < -0.3 is 29.4 Å². The third-order valence-corrected chi connectivity index (χ3v) is 5.05. The van der Waals surface area contributed by atoms with Crippen LogP contribution < -0.4 is 24.3 Å². The molecular weight excluding hydrogens is 430 g/mol. The summed E-state index contributed by atoms with van der Waals surface area (Å²) >= 11 is 0. The summed E-state index contributed by atoms with van der Waals surface area (Å²) in [5.74, 6) is 0.209. The molecule has 1 atom stereocenters. The number of ether oxygens (including phenoxy) is 4. The molecule has 2 aliphatic heterocycles. The van der Waals surface area contributed by atoms with E-state index in [1.165, 1.54) is 6.07 Å². The van der Waals surface area contributed by atoms with Gasteiger partial charge in [0.25, 0.3) is 5.91 Å². The molecule has 4 rings (SSSR count). The van der Waals surface area contributed by atoms with Crippen molar-refractivity contribution in [3.8, 4) is 23.0 Å². The lowest BCUT2D eigenvalue weighted by Gasteiger charge is -2.16. The summed E-state index contributed by atoms with van der Waals surface area (Å²) in [6, 6.07) is 8.95. The van der Waals surface area contributed by atoms with Crippen LogP contribution in [-0.2, 0) is 9.59 Å². The monoisotopic (exact) mass is 453 g/mol. The summed E-state index contributed by atoms with van der Waals surface area (Å²) < 4.78 is 21.8. The minimum absolute atomic E-state index is 0.110. The van der Waals surface area contributed by atoms with Gasteiger partial charge in [-0.15, -0.1) is 0 Å².